The van der Waals surface area contributed by atoms with Gasteiger partial charge in [0.05, 0.1) is 37.9 Å². The van der Waals surface area contributed by atoms with Crippen LogP contribution in [0.4, 0.5) is 0 Å². The zero-order chi connectivity index (χ0) is 37.7. The van der Waals surface area contributed by atoms with Crippen molar-refractivity contribution in [3.8, 4) is 0 Å². The fourth-order valence-electron chi connectivity index (χ4n) is 6.41. The van der Waals surface area contributed by atoms with Crippen LogP contribution in [0.3, 0.4) is 0 Å². The van der Waals surface area contributed by atoms with Gasteiger partial charge in [-0.05, 0) is 19.3 Å². The first-order valence-electron chi connectivity index (χ1n) is 21.4. The average molecular weight is 747 g/mol. The maximum atomic E-state index is 12.7. The summed E-state index contributed by atoms with van der Waals surface area (Å²) in [5.41, 5.74) is 5.34. The van der Waals surface area contributed by atoms with Crippen LogP contribution >= 0.6 is 7.82 Å². The van der Waals surface area contributed by atoms with E-state index in [9.17, 15) is 24.5 Å². The van der Waals surface area contributed by atoms with E-state index >= 15 is 0 Å². The number of rotatable bonds is 40. The zero-order valence-corrected chi connectivity index (χ0v) is 34.1. The van der Waals surface area contributed by atoms with Crippen molar-refractivity contribution in [1.29, 1.82) is 0 Å². The van der Waals surface area contributed by atoms with Crippen molar-refractivity contribution in [3.63, 3.8) is 0 Å². The van der Waals surface area contributed by atoms with Gasteiger partial charge >= 0.3 is 7.82 Å². The van der Waals surface area contributed by atoms with Gasteiger partial charge < -0.3 is 26.2 Å². The van der Waals surface area contributed by atoms with Gasteiger partial charge in [-0.25, -0.2) is 4.57 Å². The summed E-state index contributed by atoms with van der Waals surface area (Å²) in [6.45, 7) is 3.93. The Hall–Kier alpha value is -0.800. The lowest BCUT2D eigenvalue weighted by atomic mass is 10.0. The molecule has 51 heavy (non-hydrogen) atoms. The summed E-state index contributed by atoms with van der Waals surface area (Å²) >= 11 is 0. The van der Waals surface area contributed by atoms with E-state index in [0.29, 0.717) is 6.42 Å². The minimum absolute atomic E-state index is 0.0509. The van der Waals surface area contributed by atoms with Gasteiger partial charge in [-0.2, -0.15) is 0 Å². The van der Waals surface area contributed by atoms with E-state index in [1.165, 1.54) is 141 Å². The predicted molar refractivity (Wildman–Crippen MR) is 214 cm³/mol. The molecule has 0 aromatic carbocycles. The molecule has 0 saturated carbocycles. The van der Waals surface area contributed by atoms with E-state index in [4.69, 9.17) is 14.8 Å². The van der Waals surface area contributed by atoms with Crippen LogP contribution < -0.4 is 11.1 Å². The highest BCUT2D eigenvalue weighted by Crippen LogP contribution is 2.43. The molecule has 0 saturated heterocycles. The third kappa shape index (κ3) is 36.0. The first-order chi connectivity index (χ1) is 24.8. The van der Waals surface area contributed by atoms with Gasteiger partial charge in [-0.3, -0.25) is 13.8 Å². The highest BCUT2D eigenvalue weighted by Gasteiger charge is 2.27. The summed E-state index contributed by atoms with van der Waals surface area (Å²) in [7, 11) is -4.38. The molecule has 0 heterocycles. The molecule has 0 spiro atoms. The van der Waals surface area contributed by atoms with Crippen LogP contribution in [0.25, 0.3) is 0 Å². The van der Waals surface area contributed by atoms with E-state index in [1.54, 1.807) is 6.08 Å². The first-order valence-corrected chi connectivity index (χ1v) is 22.9. The maximum absolute atomic E-state index is 12.7. The van der Waals surface area contributed by atoms with Gasteiger partial charge in [0, 0.05) is 6.54 Å². The minimum Gasteiger partial charge on any atom is -0.393 e. The van der Waals surface area contributed by atoms with Crippen LogP contribution in [-0.4, -0.2) is 59.0 Å². The fourth-order valence-corrected chi connectivity index (χ4v) is 7.17. The Kier molecular flexibility index (Phi) is 36.9. The number of nitrogens with two attached hydrogens (primary N) is 1. The number of carbonyl (C=O) groups excluding carboxylic acids is 1. The molecule has 0 aromatic heterocycles. The summed E-state index contributed by atoms with van der Waals surface area (Å²) in [6, 6.07) is -0.975. The number of allylic oxidation sites excluding steroid dienone is 1. The van der Waals surface area contributed by atoms with E-state index in [1.807, 2.05) is 6.08 Å². The summed E-state index contributed by atoms with van der Waals surface area (Å²) in [4.78, 5) is 22.6. The Morgan fingerprint density at radius 3 is 1.51 bits per heavy atom. The quantitative estimate of drug-likeness (QED) is 0.0236. The third-order valence-electron chi connectivity index (χ3n) is 9.67. The Balaban J connectivity index is 4.08. The second-order valence-electron chi connectivity index (χ2n) is 14.8. The number of unbranched alkanes of at least 4 members (excludes halogenated alkanes) is 26. The number of hydrogen-bond donors (Lipinski definition) is 5. The number of phosphoric ester groups is 1. The highest BCUT2D eigenvalue weighted by atomic mass is 31.2. The van der Waals surface area contributed by atoms with Crippen molar-refractivity contribution in [2.45, 2.75) is 225 Å². The number of aliphatic hydroxyl groups is 2. The molecule has 9 nitrogen and oxygen atoms in total. The molecule has 4 atom stereocenters. The summed E-state index contributed by atoms with van der Waals surface area (Å²) in [6.07, 6.45) is 37.5. The number of carbonyl (C=O) groups is 1. The van der Waals surface area contributed by atoms with Crippen molar-refractivity contribution in [1.82, 2.24) is 5.32 Å². The molecule has 304 valence electrons. The predicted octanol–water partition coefficient (Wildman–Crippen LogP) is 10.6. The standard InChI is InChI=1S/C41H83N2O7P/c1-3-5-7-9-11-13-14-15-16-17-18-19-20-21-22-23-24-25-26-28-30-32-38(44)36-41(46)43-39(37-50-51(47,48)49-35-34-42)40(45)33-31-29-27-12-10-8-6-4-2/h31,33,38-40,44-45H,3-30,32,34-37,42H2,1-2H3,(H,43,46)(H,47,48)/b33-31+. The van der Waals surface area contributed by atoms with Crippen LogP contribution in [-0.2, 0) is 18.4 Å². The molecule has 0 aromatic rings. The van der Waals surface area contributed by atoms with Crippen molar-refractivity contribution >= 4 is 13.7 Å². The zero-order valence-electron chi connectivity index (χ0n) is 33.2. The molecule has 0 aliphatic carbocycles. The third-order valence-corrected chi connectivity index (χ3v) is 10.7. The smallest absolute Gasteiger partial charge is 0.393 e. The highest BCUT2D eigenvalue weighted by molar-refractivity contribution is 7.47. The van der Waals surface area contributed by atoms with Gasteiger partial charge in [0.2, 0.25) is 5.91 Å². The monoisotopic (exact) mass is 747 g/mol. The largest absolute Gasteiger partial charge is 0.472 e. The van der Waals surface area contributed by atoms with Crippen molar-refractivity contribution in [2.75, 3.05) is 19.8 Å². The van der Waals surface area contributed by atoms with Crippen LogP contribution in [0.15, 0.2) is 12.2 Å². The fraction of sp³-hybridized carbons (Fsp3) is 0.927. The molecular formula is C41H83N2O7P. The van der Waals surface area contributed by atoms with Crippen LogP contribution in [0.5, 0.6) is 0 Å². The van der Waals surface area contributed by atoms with E-state index in [-0.39, 0.29) is 19.6 Å². The molecule has 1 amide bonds. The lowest BCUT2D eigenvalue weighted by Crippen LogP contribution is -2.46. The van der Waals surface area contributed by atoms with Crippen LogP contribution in [0.2, 0.25) is 0 Å². The number of hydrogen-bond acceptors (Lipinski definition) is 7. The molecular weight excluding hydrogens is 663 g/mol. The minimum atomic E-state index is -4.38. The molecule has 0 rings (SSSR count). The number of phosphoric acid groups is 1. The van der Waals surface area contributed by atoms with Gasteiger partial charge in [0.1, 0.15) is 0 Å². The SMILES string of the molecule is CCCCCCCC/C=C/C(O)C(COP(=O)(O)OCCN)NC(=O)CC(O)CCCCCCCCCCCCCCCCCCCCCCC. The van der Waals surface area contributed by atoms with Crippen LogP contribution in [0, 0.1) is 0 Å². The van der Waals surface area contributed by atoms with Crippen molar-refractivity contribution in [2.24, 2.45) is 5.73 Å². The molecule has 0 aliphatic heterocycles. The molecule has 6 N–H and O–H groups in total. The summed E-state index contributed by atoms with van der Waals surface area (Å²) < 4.78 is 22.0. The molecule has 0 bridgehead atoms. The normalized spacial score (nSPS) is 14.9. The molecule has 4 unspecified atom stereocenters. The van der Waals surface area contributed by atoms with Gasteiger partial charge in [-0.1, -0.05) is 193 Å². The Morgan fingerprint density at radius 2 is 1.08 bits per heavy atom. The second kappa shape index (κ2) is 37.5. The second-order valence-corrected chi connectivity index (χ2v) is 16.2. The number of aliphatic hydroxyl groups excluding tert-OH is 2. The van der Waals surface area contributed by atoms with E-state index in [0.717, 1.165) is 38.5 Å². The first kappa shape index (κ1) is 50.2. The summed E-state index contributed by atoms with van der Waals surface area (Å²) in [5, 5.41) is 23.9. The van der Waals surface area contributed by atoms with Crippen molar-refractivity contribution in [3.05, 3.63) is 12.2 Å². The molecule has 10 heteroatoms. The molecule has 0 aliphatic rings. The number of amides is 1. The van der Waals surface area contributed by atoms with Crippen molar-refractivity contribution < 1.29 is 33.5 Å². The molecule has 0 fully saturated rings. The van der Waals surface area contributed by atoms with Gasteiger partial charge in [0.25, 0.3) is 0 Å². The topological polar surface area (TPSA) is 151 Å². The van der Waals surface area contributed by atoms with Gasteiger partial charge in [0.15, 0.2) is 0 Å². The Bertz CT molecular complexity index is 832. The maximum Gasteiger partial charge on any atom is 0.472 e. The molecule has 0 radical (unpaired) electrons. The van der Waals surface area contributed by atoms with Crippen LogP contribution in [0.1, 0.15) is 206 Å². The van der Waals surface area contributed by atoms with E-state index in [2.05, 4.69) is 19.2 Å². The Morgan fingerprint density at radius 1 is 0.667 bits per heavy atom. The van der Waals surface area contributed by atoms with E-state index < -0.39 is 38.6 Å². The summed E-state index contributed by atoms with van der Waals surface area (Å²) in [5.74, 6) is -0.446. The van der Waals surface area contributed by atoms with Gasteiger partial charge in [-0.15, -0.1) is 0 Å². The lowest BCUT2D eigenvalue weighted by Gasteiger charge is -2.24. The Labute approximate surface area is 314 Å². The lowest BCUT2D eigenvalue weighted by molar-refractivity contribution is -0.124. The number of nitrogens with one attached hydrogen (secondary N) is 1. The average Bonchev–Trinajstić information content (AvgIpc) is 3.10.